The number of rotatable bonds is 8. The Kier molecular flexibility index (Phi) is 6.51. The van der Waals surface area contributed by atoms with Crippen molar-refractivity contribution < 1.29 is 12.8 Å². The minimum Gasteiger partial charge on any atom is -0.357 e. The number of hydrogen-bond donors (Lipinski definition) is 2. The molecule has 1 aromatic heterocycles. The van der Waals surface area contributed by atoms with Crippen LogP contribution in [-0.4, -0.2) is 31.5 Å². The zero-order chi connectivity index (χ0) is 21.7. The molecule has 1 heterocycles. The Labute approximate surface area is 176 Å². The molecular formula is C21H24FN5O2S. The molecule has 0 aliphatic carbocycles. The number of sulfonamides is 1. The first-order chi connectivity index (χ1) is 14.3. The molecule has 0 saturated heterocycles. The largest absolute Gasteiger partial charge is 0.357 e. The fraction of sp³-hybridized carbons (Fsp3) is 0.238. The number of benzene rings is 2. The molecule has 0 aliphatic heterocycles. The van der Waals surface area contributed by atoms with Crippen molar-refractivity contribution >= 4 is 33.2 Å². The van der Waals surface area contributed by atoms with Crippen molar-refractivity contribution in [3.8, 4) is 0 Å². The maximum absolute atomic E-state index is 13.0. The molecule has 2 aromatic carbocycles. The summed E-state index contributed by atoms with van der Waals surface area (Å²) in [5, 5.41) is 3.15. The van der Waals surface area contributed by atoms with Gasteiger partial charge in [0.15, 0.2) is 0 Å². The summed E-state index contributed by atoms with van der Waals surface area (Å²) in [6, 6.07) is 13.3. The van der Waals surface area contributed by atoms with Gasteiger partial charge in [-0.25, -0.2) is 17.8 Å². The predicted molar refractivity (Wildman–Crippen MR) is 117 cm³/mol. The van der Waals surface area contributed by atoms with Gasteiger partial charge in [0.1, 0.15) is 11.6 Å². The van der Waals surface area contributed by atoms with Crippen LogP contribution in [0.5, 0.6) is 0 Å². The van der Waals surface area contributed by atoms with Crippen LogP contribution in [0.2, 0.25) is 0 Å². The minimum absolute atomic E-state index is 0.0109. The van der Waals surface area contributed by atoms with Crippen molar-refractivity contribution in [2.45, 2.75) is 25.7 Å². The number of nitrogens with one attached hydrogen (secondary N) is 2. The molecule has 0 amide bonds. The monoisotopic (exact) mass is 429 g/mol. The van der Waals surface area contributed by atoms with Gasteiger partial charge in [0.25, 0.3) is 10.0 Å². The zero-order valence-electron chi connectivity index (χ0n) is 17.1. The Hall–Kier alpha value is -3.20. The van der Waals surface area contributed by atoms with Gasteiger partial charge in [-0.15, -0.1) is 0 Å². The van der Waals surface area contributed by atoms with E-state index in [0.717, 1.165) is 42.4 Å². The number of halogens is 1. The van der Waals surface area contributed by atoms with Crippen molar-refractivity contribution in [1.29, 1.82) is 0 Å². The Bertz CT molecular complexity index is 1100. The number of hydrogen-bond acceptors (Lipinski definition) is 6. The molecule has 0 bridgehead atoms. The summed E-state index contributed by atoms with van der Waals surface area (Å²) in [6.45, 7) is 7.73. The molecule has 9 heteroatoms. The summed E-state index contributed by atoms with van der Waals surface area (Å²) in [6.07, 6.45) is 0. The van der Waals surface area contributed by atoms with E-state index in [9.17, 15) is 12.8 Å². The standard InChI is InChI=1S/C21H24FN5O2S/c1-4-27(5-2)20-14-15(3)23-21(25-20)24-17-8-10-18(11-9-17)26-30(28,29)19-12-6-16(22)7-13-19/h6-14,26H,4-5H2,1-3H3,(H,23,24,25). The van der Waals surface area contributed by atoms with Gasteiger partial charge in [-0.2, -0.15) is 4.98 Å². The van der Waals surface area contributed by atoms with E-state index in [2.05, 4.69) is 38.8 Å². The van der Waals surface area contributed by atoms with Crippen LogP contribution in [0.15, 0.2) is 59.5 Å². The molecule has 0 saturated carbocycles. The summed E-state index contributed by atoms with van der Waals surface area (Å²) in [4.78, 5) is 11.1. The molecule has 3 rings (SSSR count). The average molecular weight is 430 g/mol. The van der Waals surface area contributed by atoms with Gasteiger partial charge in [-0.05, 0) is 69.3 Å². The Morgan fingerprint density at radius 2 is 1.53 bits per heavy atom. The average Bonchev–Trinajstić information content (AvgIpc) is 2.70. The van der Waals surface area contributed by atoms with Gasteiger partial charge < -0.3 is 10.2 Å². The highest BCUT2D eigenvalue weighted by Crippen LogP contribution is 2.22. The number of nitrogens with zero attached hydrogens (tertiary/aromatic N) is 3. The van der Waals surface area contributed by atoms with E-state index < -0.39 is 15.8 Å². The predicted octanol–water partition coefficient (Wildman–Crippen LogP) is 4.31. The molecule has 0 fully saturated rings. The maximum atomic E-state index is 13.0. The summed E-state index contributed by atoms with van der Waals surface area (Å²) in [7, 11) is -3.80. The molecule has 0 aliphatic rings. The van der Waals surface area contributed by atoms with Crippen LogP contribution in [0.25, 0.3) is 0 Å². The van der Waals surface area contributed by atoms with Crippen LogP contribution in [0.3, 0.4) is 0 Å². The van der Waals surface area contributed by atoms with E-state index in [1.807, 2.05) is 13.0 Å². The molecule has 30 heavy (non-hydrogen) atoms. The lowest BCUT2D eigenvalue weighted by molar-refractivity contribution is 0.599. The number of aromatic nitrogens is 2. The van der Waals surface area contributed by atoms with E-state index in [4.69, 9.17) is 0 Å². The summed E-state index contributed by atoms with van der Waals surface area (Å²) in [5.74, 6) is 0.821. The summed E-state index contributed by atoms with van der Waals surface area (Å²) >= 11 is 0. The second-order valence-corrected chi connectivity index (χ2v) is 8.31. The van der Waals surface area contributed by atoms with Crippen LogP contribution < -0.4 is 14.9 Å². The SMILES string of the molecule is CCN(CC)c1cc(C)nc(Nc2ccc(NS(=O)(=O)c3ccc(F)cc3)cc2)n1. The van der Waals surface area contributed by atoms with Crippen molar-refractivity contribution in [2.75, 3.05) is 28.0 Å². The number of anilines is 4. The first-order valence-electron chi connectivity index (χ1n) is 9.57. The molecule has 2 N–H and O–H groups in total. The zero-order valence-corrected chi connectivity index (χ0v) is 17.9. The second kappa shape index (κ2) is 9.08. The third-order valence-corrected chi connectivity index (χ3v) is 5.84. The van der Waals surface area contributed by atoms with E-state index in [1.165, 1.54) is 12.1 Å². The fourth-order valence-electron chi connectivity index (χ4n) is 2.90. The minimum atomic E-state index is -3.80. The highest BCUT2D eigenvalue weighted by Gasteiger charge is 2.14. The second-order valence-electron chi connectivity index (χ2n) is 6.63. The van der Waals surface area contributed by atoms with Crippen molar-refractivity contribution in [3.63, 3.8) is 0 Å². The maximum Gasteiger partial charge on any atom is 0.261 e. The molecule has 158 valence electrons. The van der Waals surface area contributed by atoms with Gasteiger partial charge in [0.2, 0.25) is 5.95 Å². The highest BCUT2D eigenvalue weighted by molar-refractivity contribution is 7.92. The molecular weight excluding hydrogens is 405 g/mol. The van der Waals surface area contributed by atoms with Gasteiger partial charge in [0, 0.05) is 36.2 Å². The van der Waals surface area contributed by atoms with Gasteiger partial charge >= 0.3 is 0 Å². The van der Waals surface area contributed by atoms with Crippen LogP contribution in [0, 0.1) is 12.7 Å². The van der Waals surface area contributed by atoms with Gasteiger partial charge in [0.05, 0.1) is 4.90 Å². The van der Waals surface area contributed by atoms with E-state index in [1.54, 1.807) is 24.3 Å². The Morgan fingerprint density at radius 1 is 0.933 bits per heavy atom. The fourth-order valence-corrected chi connectivity index (χ4v) is 3.95. The lowest BCUT2D eigenvalue weighted by Gasteiger charge is -2.20. The topological polar surface area (TPSA) is 87.2 Å². The van der Waals surface area contributed by atoms with Crippen molar-refractivity contribution in [3.05, 3.63) is 66.1 Å². The van der Waals surface area contributed by atoms with Crippen LogP contribution >= 0.6 is 0 Å². The van der Waals surface area contributed by atoms with E-state index >= 15 is 0 Å². The van der Waals surface area contributed by atoms with Gasteiger partial charge in [-0.1, -0.05) is 0 Å². The number of aryl methyl sites for hydroxylation is 1. The normalized spacial score (nSPS) is 11.2. The summed E-state index contributed by atoms with van der Waals surface area (Å²) in [5.41, 5.74) is 1.95. The van der Waals surface area contributed by atoms with Crippen LogP contribution in [0.4, 0.5) is 27.5 Å². The quantitative estimate of drug-likeness (QED) is 0.555. The van der Waals surface area contributed by atoms with Crippen molar-refractivity contribution in [1.82, 2.24) is 9.97 Å². The highest BCUT2D eigenvalue weighted by atomic mass is 32.2. The molecule has 0 radical (unpaired) electrons. The Balaban J connectivity index is 1.74. The third kappa shape index (κ3) is 5.24. The lowest BCUT2D eigenvalue weighted by atomic mass is 10.3. The van der Waals surface area contributed by atoms with Crippen LogP contribution in [-0.2, 0) is 10.0 Å². The molecule has 0 atom stereocenters. The van der Waals surface area contributed by atoms with E-state index in [0.29, 0.717) is 11.6 Å². The summed E-state index contributed by atoms with van der Waals surface area (Å²) < 4.78 is 40.3. The lowest BCUT2D eigenvalue weighted by Crippen LogP contribution is -2.23. The van der Waals surface area contributed by atoms with Crippen LogP contribution in [0.1, 0.15) is 19.5 Å². The molecule has 3 aromatic rings. The first-order valence-corrected chi connectivity index (χ1v) is 11.0. The molecule has 0 unspecified atom stereocenters. The Morgan fingerprint density at radius 3 is 2.13 bits per heavy atom. The third-order valence-electron chi connectivity index (χ3n) is 4.45. The molecule has 0 spiro atoms. The molecule has 7 nitrogen and oxygen atoms in total. The van der Waals surface area contributed by atoms with Gasteiger partial charge in [-0.3, -0.25) is 4.72 Å². The smallest absolute Gasteiger partial charge is 0.261 e. The van der Waals surface area contributed by atoms with Crippen molar-refractivity contribution in [2.24, 2.45) is 0 Å². The van der Waals surface area contributed by atoms with E-state index in [-0.39, 0.29) is 4.90 Å². The first kappa shape index (κ1) is 21.5.